The number of pyridine rings is 1. The third-order valence-corrected chi connectivity index (χ3v) is 4.63. The third-order valence-electron chi connectivity index (χ3n) is 4.63. The van der Waals surface area contributed by atoms with Crippen LogP contribution in [0.3, 0.4) is 0 Å². The van der Waals surface area contributed by atoms with E-state index >= 15 is 0 Å². The Morgan fingerprint density at radius 2 is 1.93 bits per heavy atom. The van der Waals surface area contributed by atoms with Gasteiger partial charge in [-0.1, -0.05) is 24.3 Å². The number of aromatic nitrogens is 1. The lowest BCUT2D eigenvalue weighted by Gasteiger charge is -2.27. The molecular formula is C21H28FN5O. The van der Waals surface area contributed by atoms with Crippen LogP contribution in [-0.2, 0) is 24.4 Å². The lowest BCUT2D eigenvalue weighted by atomic mass is 10.1. The topological polar surface area (TPSA) is 61.8 Å². The molecule has 0 unspecified atom stereocenters. The smallest absolute Gasteiger partial charge is 0.191 e. The molecule has 2 aromatic rings. The van der Waals surface area contributed by atoms with Crippen molar-refractivity contribution in [2.24, 2.45) is 4.99 Å². The van der Waals surface area contributed by atoms with Crippen molar-refractivity contribution in [2.45, 2.75) is 26.6 Å². The highest BCUT2D eigenvalue weighted by atomic mass is 19.1. The van der Waals surface area contributed by atoms with Gasteiger partial charge in [0.05, 0.1) is 32.0 Å². The molecule has 1 saturated heterocycles. The fourth-order valence-corrected chi connectivity index (χ4v) is 3.09. The van der Waals surface area contributed by atoms with Crippen molar-refractivity contribution >= 4 is 5.96 Å². The van der Waals surface area contributed by atoms with Crippen molar-refractivity contribution in [2.75, 3.05) is 32.8 Å². The van der Waals surface area contributed by atoms with E-state index in [1.54, 1.807) is 12.3 Å². The average Bonchev–Trinajstić information content (AvgIpc) is 2.73. The highest BCUT2D eigenvalue weighted by Gasteiger charge is 2.12. The highest BCUT2D eigenvalue weighted by molar-refractivity contribution is 5.79. The van der Waals surface area contributed by atoms with E-state index in [1.165, 1.54) is 17.2 Å². The Morgan fingerprint density at radius 3 is 2.68 bits per heavy atom. The minimum atomic E-state index is -0.318. The molecule has 0 saturated carbocycles. The van der Waals surface area contributed by atoms with Crippen LogP contribution in [0.4, 0.5) is 4.39 Å². The molecule has 1 aliphatic heterocycles. The summed E-state index contributed by atoms with van der Waals surface area (Å²) in [6, 6.07) is 11.4. The predicted octanol–water partition coefficient (Wildman–Crippen LogP) is 2.31. The number of aliphatic imine (C=N–C) groups is 1. The zero-order valence-corrected chi connectivity index (χ0v) is 16.3. The van der Waals surface area contributed by atoms with Crippen LogP contribution in [0.15, 0.2) is 47.6 Å². The Morgan fingerprint density at radius 1 is 1.14 bits per heavy atom. The first kappa shape index (κ1) is 20.2. The SMILES string of the molecule is CCNC(=NCc1ccccc1CN1CCOCC1)NCc1ncccc1F. The summed E-state index contributed by atoms with van der Waals surface area (Å²) in [5, 5.41) is 6.36. The molecule has 0 radical (unpaired) electrons. The van der Waals surface area contributed by atoms with Gasteiger partial charge in [0, 0.05) is 32.4 Å². The second-order valence-electron chi connectivity index (χ2n) is 6.64. The van der Waals surface area contributed by atoms with Crippen LogP contribution in [0.5, 0.6) is 0 Å². The lowest BCUT2D eigenvalue weighted by molar-refractivity contribution is 0.0341. The first-order valence-corrected chi connectivity index (χ1v) is 9.74. The van der Waals surface area contributed by atoms with E-state index in [9.17, 15) is 4.39 Å². The Kier molecular flexibility index (Phi) is 7.75. The minimum Gasteiger partial charge on any atom is -0.379 e. The number of benzene rings is 1. The number of hydrogen-bond donors (Lipinski definition) is 2. The molecule has 2 heterocycles. The van der Waals surface area contributed by atoms with Gasteiger partial charge in [-0.3, -0.25) is 9.88 Å². The van der Waals surface area contributed by atoms with E-state index in [0.717, 1.165) is 39.4 Å². The number of nitrogens with one attached hydrogen (secondary N) is 2. The maximum Gasteiger partial charge on any atom is 0.191 e. The van der Waals surface area contributed by atoms with Gasteiger partial charge in [-0.05, 0) is 30.2 Å². The van der Waals surface area contributed by atoms with Crippen molar-refractivity contribution in [1.29, 1.82) is 0 Å². The quantitative estimate of drug-likeness (QED) is 0.566. The van der Waals surface area contributed by atoms with Gasteiger partial charge in [0.2, 0.25) is 0 Å². The molecule has 3 rings (SSSR count). The summed E-state index contributed by atoms with van der Waals surface area (Å²) in [4.78, 5) is 11.2. The standard InChI is InChI=1S/C21H28FN5O/c1-2-23-21(26-15-20-19(22)8-5-9-24-20)25-14-17-6-3-4-7-18(17)16-27-10-12-28-13-11-27/h3-9H,2,10-16H2,1H3,(H2,23,25,26). The molecule has 6 nitrogen and oxygen atoms in total. The highest BCUT2D eigenvalue weighted by Crippen LogP contribution is 2.14. The largest absolute Gasteiger partial charge is 0.379 e. The summed E-state index contributed by atoms with van der Waals surface area (Å²) < 4.78 is 19.2. The van der Waals surface area contributed by atoms with E-state index < -0.39 is 0 Å². The van der Waals surface area contributed by atoms with Crippen molar-refractivity contribution in [3.63, 3.8) is 0 Å². The van der Waals surface area contributed by atoms with Crippen LogP contribution in [0, 0.1) is 5.82 Å². The van der Waals surface area contributed by atoms with Crippen LogP contribution in [0.25, 0.3) is 0 Å². The molecular weight excluding hydrogens is 357 g/mol. The first-order chi connectivity index (χ1) is 13.8. The summed E-state index contributed by atoms with van der Waals surface area (Å²) in [5.74, 6) is 0.329. The van der Waals surface area contributed by atoms with Gasteiger partial charge < -0.3 is 15.4 Å². The van der Waals surface area contributed by atoms with Crippen molar-refractivity contribution < 1.29 is 9.13 Å². The number of nitrogens with zero attached hydrogens (tertiary/aromatic N) is 3. The van der Waals surface area contributed by atoms with Gasteiger partial charge in [-0.2, -0.15) is 0 Å². The summed E-state index contributed by atoms with van der Waals surface area (Å²) >= 11 is 0. The first-order valence-electron chi connectivity index (χ1n) is 9.74. The Balaban J connectivity index is 1.64. The monoisotopic (exact) mass is 385 g/mol. The Bertz CT molecular complexity index is 777. The van der Waals surface area contributed by atoms with E-state index in [-0.39, 0.29) is 12.4 Å². The number of rotatable bonds is 7. The summed E-state index contributed by atoms with van der Waals surface area (Å²) in [7, 11) is 0. The van der Waals surface area contributed by atoms with Gasteiger partial charge in [0.1, 0.15) is 5.82 Å². The second-order valence-corrected chi connectivity index (χ2v) is 6.64. The van der Waals surface area contributed by atoms with Gasteiger partial charge >= 0.3 is 0 Å². The summed E-state index contributed by atoms with van der Waals surface area (Å²) in [6.45, 7) is 7.97. The molecule has 0 aliphatic carbocycles. The average molecular weight is 385 g/mol. The molecule has 0 amide bonds. The molecule has 0 bridgehead atoms. The number of halogens is 1. The van der Waals surface area contributed by atoms with Gasteiger partial charge in [0.25, 0.3) is 0 Å². The van der Waals surface area contributed by atoms with E-state index in [0.29, 0.717) is 18.2 Å². The molecule has 1 fully saturated rings. The summed E-state index contributed by atoms with van der Waals surface area (Å²) in [5.41, 5.74) is 2.84. The molecule has 150 valence electrons. The molecule has 2 N–H and O–H groups in total. The van der Waals surface area contributed by atoms with Crippen LogP contribution in [0.2, 0.25) is 0 Å². The molecule has 1 aliphatic rings. The lowest BCUT2D eigenvalue weighted by Crippen LogP contribution is -2.37. The van der Waals surface area contributed by atoms with Crippen LogP contribution in [-0.4, -0.2) is 48.7 Å². The maximum atomic E-state index is 13.8. The van der Waals surface area contributed by atoms with Crippen LogP contribution < -0.4 is 10.6 Å². The molecule has 0 atom stereocenters. The fraction of sp³-hybridized carbons (Fsp3) is 0.429. The molecule has 28 heavy (non-hydrogen) atoms. The van der Waals surface area contributed by atoms with Crippen LogP contribution in [0.1, 0.15) is 23.7 Å². The Hall–Kier alpha value is -2.51. The zero-order chi connectivity index (χ0) is 19.6. The van der Waals surface area contributed by atoms with Crippen molar-refractivity contribution in [1.82, 2.24) is 20.5 Å². The zero-order valence-electron chi connectivity index (χ0n) is 16.3. The van der Waals surface area contributed by atoms with E-state index in [1.807, 2.05) is 13.0 Å². The summed E-state index contributed by atoms with van der Waals surface area (Å²) in [6.07, 6.45) is 1.59. The Labute approximate surface area is 165 Å². The third kappa shape index (κ3) is 6.00. The molecule has 0 spiro atoms. The maximum absolute atomic E-state index is 13.8. The molecule has 1 aromatic carbocycles. The van der Waals surface area contributed by atoms with Gasteiger partial charge in [-0.15, -0.1) is 0 Å². The van der Waals surface area contributed by atoms with E-state index in [2.05, 4.69) is 43.7 Å². The predicted molar refractivity (Wildman–Crippen MR) is 108 cm³/mol. The number of morpholine rings is 1. The second kappa shape index (κ2) is 10.7. The number of ether oxygens (including phenoxy) is 1. The fourth-order valence-electron chi connectivity index (χ4n) is 3.09. The minimum absolute atomic E-state index is 0.286. The van der Waals surface area contributed by atoms with Crippen LogP contribution >= 0.6 is 0 Å². The van der Waals surface area contributed by atoms with Gasteiger partial charge in [0.15, 0.2) is 5.96 Å². The van der Waals surface area contributed by atoms with E-state index in [4.69, 9.17) is 4.74 Å². The molecule has 7 heteroatoms. The van der Waals surface area contributed by atoms with Crippen molar-refractivity contribution in [3.05, 3.63) is 65.2 Å². The number of hydrogen-bond acceptors (Lipinski definition) is 4. The molecule has 1 aromatic heterocycles. The normalized spacial score (nSPS) is 15.4. The van der Waals surface area contributed by atoms with Crippen molar-refractivity contribution in [3.8, 4) is 0 Å². The van der Waals surface area contributed by atoms with Gasteiger partial charge in [-0.25, -0.2) is 9.38 Å². The number of guanidine groups is 1.